The summed E-state index contributed by atoms with van der Waals surface area (Å²) in [6.45, 7) is 17.9. The van der Waals surface area contributed by atoms with E-state index in [0.29, 0.717) is 38.4 Å². The quantitative estimate of drug-likeness (QED) is 0.0239. The number of carboxylic acid groups (broad SMARTS) is 1. The van der Waals surface area contributed by atoms with Gasteiger partial charge >= 0.3 is 17.9 Å². The van der Waals surface area contributed by atoms with Crippen LogP contribution >= 0.6 is 0 Å². The van der Waals surface area contributed by atoms with Crippen LogP contribution in [0, 0.1) is 23.7 Å². The van der Waals surface area contributed by atoms with Crippen LogP contribution in [0.15, 0.2) is 29.2 Å². The van der Waals surface area contributed by atoms with Gasteiger partial charge in [0, 0.05) is 32.3 Å². The summed E-state index contributed by atoms with van der Waals surface area (Å²) >= 11 is 0. The predicted octanol–water partition coefficient (Wildman–Crippen LogP) is 8.80. The predicted molar refractivity (Wildman–Crippen MR) is 289 cm³/mol. The molecule has 0 aliphatic heterocycles. The SMILES string of the molecule is CCCCCCCC[N+](C)(C)CCCCCCCOC(=O)C(C)CC(CC(CC(CC(CC)C(N)=O)C(=O)O)C(=O)OC(COC(COCC)COCC)COC(COCC)COCC)c1ccc(S(=O)(=O)O)cc1. The lowest BCUT2D eigenvalue weighted by Crippen LogP contribution is -2.41. The van der Waals surface area contributed by atoms with Crippen molar-refractivity contribution < 1.29 is 79.6 Å². The van der Waals surface area contributed by atoms with Crippen molar-refractivity contribution >= 4 is 33.9 Å². The van der Waals surface area contributed by atoms with Crippen LogP contribution in [0.5, 0.6) is 0 Å². The van der Waals surface area contributed by atoms with Gasteiger partial charge in [0.05, 0.1) is 96.1 Å². The molecular weight excluding hydrogens is 989 g/mol. The molecule has 1 rings (SSSR count). The fraction of sp³-hybridized carbons (Fsp3) is 0.821. The van der Waals surface area contributed by atoms with Crippen molar-refractivity contribution in [3.8, 4) is 0 Å². The van der Waals surface area contributed by atoms with E-state index in [1.807, 2.05) is 27.7 Å². The number of nitrogens with zero attached hydrogens (tertiary/aromatic N) is 1. The van der Waals surface area contributed by atoms with E-state index in [9.17, 15) is 37.3 Å². The highest BCUT2D eigenvalue weighted by Gasteiger charge is 2.36. The molecule has 0 saturated carbocycles. The van der Waals surface area contributed by atoms with Gasteiger partial charge in [0.15, 0.2) is 0 Å². The first kappa shape index (κ1) is 69.7. The lowest BCUT2D eigenvalue weighted by atomic mass is 9.78. The van der Waals surface area contributed by atoms with Crippen LogP contribution in [0.25, 0.3) is 0 Å². The maximum Gasteiger partial charge on any atom is 0.309 e. The standard InChI is InChI=1S/C56H100N2O16S/c1-10-16-17-18-20-23-30-58(8,9)31-24-21-19-22-25-32-71-55(62)43(7)33-46(45-26-28-52(29-27-45)75(64,65)66)35-48(36-47(54(60)61)34-44(11-2)53(57)59)56(63)74-51(41-72-49(37-67-12-3)38-68-13-4)42-73-50(39-69-14-5)40-70-15-6/h26-29,43-44,46-51H,10-25,30-42H2,1-9H3,(H3-,57,59,60,61,64,65,66)/p+1. The van der Waals surface area contributed by atoms with Crippen LogP contribution in [0.2, 0.25) is 0 Å². The van der Waals surface area contributed by atoms with Crippen molar-refractivity contribution in [2.45, 2.75) is 180 Å². The molecule has 1 amide bonds. The molecule has 0 aliphatic carbocycles. The monoisotopic (exact) mass is 1090 g/mol. The molecule has 75 heavy (non-hydrogen) atoms. The van der Waals surface area contributed by atoms with Gasteiger partial charge in [-0.2, -0.15) is 8.42 Å². The molecule has 1 aromatic rings. The van der Waals surface area contributed by atoms with E-state index in [2.05, 4.69) is 21.0 Å². The van der Waals surface area contributed by atoms with E-state index in [4.69, 9.17) is 43.6 Å². The number of carbonyl (C=O) groups is 4. The zero-order chi connectivity index (χ0) is 56.1. The number of amides is 1. The summed E-state index contributed by atoms with van der Waals surface area (Å²) in [5.41, 5.74) is 6.22. The molecule has 0 bridgehead atoms. The number of carbonyl (C=O) groups excluding carboxylic acids is 3. The third kappa shape index (κ3) is 32.3. The highest BCUT2D eigenvalue weighted by atomic mass is 32.2. The largest absolute Gasteiger partial charge is 0.481 e. The molecule has 4 N–H and O–H groups in total. The van der Waals surface area contributed by atoms with Gasteiger partial charge in [0.1, 0.15) is 18.3 Å². The highest BCUT2D eigenvalue weighted by molar-refractivity contribution is 7.85. The number of primary amides is 1. The summed E-state index contributed by atoms with van der Waals surface area (Å²) in [5, 5.41) is 10.6. The summed E-state index contributed by atoms with van der Waals surface area (Å²) in [5.74, 6) is -7.65. The molecule has 0 radical (unpaired) electrons. The van der Waals surface area contributed by atoms with Gasteiger partial charge in [-0.15, -0.1) is 0 Å². The molecular formula is C56H101N2O16S+. The second-order valence-electron chi connectivity index (χ2n) is 20.5. The average molecular weight is 1090 g/mol. The molecule has 436 valence electrons. The van der Waals surface area contributed by atoms with Gasteiger partial charge in [0.25, 0.3) is 10.1 Å². The van der Waals surface area contributed by atoms with Crippen molar-refractivity contribution in [1.82, 2.24) is 0 Å². The van der Waals surface area contributed by atoms with Crippen molar-refractivity contribution in [3.05, 3.63) is 29.8 Å². The van der Waals surface area contributed by atoms with Crippen LogP contribution in [0.1, 0.15) is 163 Å². The fourth-order valence-corrected chi connectivity index (χ4v) is 9.45. The zero-order valence-corrected chi connectivity index (χ0v) is 48.3. The van der Waals surface area contributed by atoms with Crippen LogP contribution in [-0.4, -0.2) is 165 Å². The van der Waals surface area contributed by atoms with E-state index < -0.39 is 81.8 Å². The summed E-state index contributed by atoms with van der Waals surface area (Å²) in [6.07, 6.45) is 10.5. The number of esters is 2. The Morgan fingerprint density at radius 3 is 1.49 bits per heavy atom. The van der Waals surface area contributed by atoms with E-state index >= 15 is 0 Å². The Hall–Kier alpha value is -3.27. The first-order valence-electron chi connectivity index (χ1n) is 28.1. The van der Waals surface area contributed by atoms with Gasteiger partial charge in [0.2, 0.25) is 5.91 Å². The Balaban J connectivity index is 3.49. The Morgan fingerprint density at radius 2 is 1.05 bits per heavy atom. The molecule has 5 atom stereocenters. The molecule has 0 aliphatic rings. The van der Waals surface area contributed by atoms with Crippen LogP contribution < -0.4 is 5.73 Å². The van der Waals surface area contributed by atoms with Gasteiger partial charge in [-0.25, -0.2) is 0 Å². The lowest BCUT2D eigenvalue weighted by molar-refractivity contribution is -0.890. The Labute approximate surface area is 451 Å². The molecule has 0 spiro atoms. The number of rotatable bonds is 49. The van der Waals surface area contributed by atoms with Crippen molar-refractivity contribution in [3.63, 3.8) is 0 Å². The second kappa shape index (κ2) is 40.9. The minimum atomic E-state index is -4.56. The van der Waals surface area contributed by atoms with Crippen LogP contribution in [0.3, 0.4) is 0 Å². The van der Waals surface area contributed by atoms with Gasteiger partial charge < -0.3 is 53.2 Å². The van der Waals surface area contributed by atoms with Gasteiger partial charge in [-0.05, 0) is 116 Å². The maximum atomic E-state index is 14.8. The number of unbranched alkanes of at least 4 members (excludes halogenated alkanes) is 9. The minimum absolute atomic E-state index is 0.0592. The number of quaternary nitrogens is 1. The number of hydrogen-bond acceptors (Lipinski definition) is 14. The molecule has 0 fully saturated rings. The first-order chi connectivity index (χ1) is 35.7. The van der Waals surface area contributed by atoms with E-state index in [1.54, 1.807) is 13.8 Å². The molecule has 1 aromatic carbocycles. The number of hydrogen-bond donors (Lipinski definition) is 3. The van der Waals surface area contributed by atoms with E-state index in [-0.39, 0.29) is 83.2 Å². The Bertz CT molecular complexity index is 1740. The Morgan fingerprint density at radius 1 is 0.587 bits per heavy atom. The van der Waals surface area contributed by atoms with Gasteiger partial charge in [-0.1, -0.05) is 71.4 Å². The number of ether oxygens (including phenoxy) is 8. The summed E-state index contributed by atoms with van der Waals surface area (Å²) in [4.78, 5) is 53.5. The molecule has 19 heteroatoms. The number of benzene rings is 1. The third-order valence-corrected chi connectivity index (χ3v) is 14.5. The molecule has 0 aromatic heterocycles. The van der Waals surface area contributed by atoms with Crippen molar-refractivity contribution in [2.75, 3.05) is 99.9 Å². The zero-order valence-electron chi connectivity index (χ0n) is 47.5. The van der Waals surface area contributed by atoms with Crippen molar-refractivity contribution in [2.24, 2.45) is 29.4 Å². The topological polar surface area (TPSA) is 243 Å². The van der Waals surface area contributed by atoms with Gasteiger partial charge in [-0.3, -0.25) is 23.7 Å². The number of aliphatic carboxylic acids is 1. The normalized spacial score (nSPS) is 14.3. The smallest absolute Gasteiger partial charge is 0.309 e. The summed E-state index contributed by atoms with van der Waals surface area (Å²) in [6, 6.07) is 5.45. The number of nitrogens with two attached hydrogens (primary N) is 1. The van der Waals surface area contributed by atoms with Crippen LogP contribution in [-0.2, 0) is 67.2 Å². The minimum Gasteiger partial charge on any atom is -0.481 e. The number of carboxylic acids is 1. The average Bonchev–Trinajstić information content (AvgIpc) is 3.37. The maximum absolute atomic E-state index is 14.8. The van der Waals surface area contributed by atoms with E-state index in [0.717, 1.165) is 36.7 Å². The summed E-state index contributed by atoms with van der Waals surface area (Å²) in [7, 11) is 0.0446. The second-order valence-corrected chi connectivity index (χ2v) is 21.9. The lowest BCUT2D eigenvalue weighted by Gasteiger charge is -2.30. The first-order valence-corrected chi connectivity index (χ1v) is 29.5. The molecule has 0 heterocycles. The summed E-state index contributed by atoms with van der Waals surface area (Å²) < 4.78 is 82.1. The van der Waals surface area contributed by atoms with E-state index in [1.165, 1.54) is 69.3 Å². The van der Waals surface area contributed by atoms with Crippen LogP contribution in [0.4, 0.5) is 0 Å². The highest BCUT2D eigenvalue weighted by Crippen LogP contribution is 2.36. The fourth-order valence-electron chi connectivity index (χ4n) is 8.97. The third-order valence-electron chi connectivity index (χ3n) is 13.6. The molecule has 0 saturated heterocycles. The molecule has 5 unspecified atom stereocenters. The van der Waals surface area contributed by atoms with Crippen molar-refractivity contribution in [1.29, 1.82) is 0 Å². The molecule has 18 nitrogen and oxygen atoms in total. The Kier molecular flexibility index (Phi) is 38.0.